The summed E-state index contributed by atoms with van der Waals surface area (Å²) in [6.07, 6.45) is 2.29. The van der Waals surface area contributed by atoms with Gasteiger partial charge in [0.15, 0.2) is 0 Å². The van der Waals surface area contributed by atoms with Crippen molar-refractivity contribution in [1.29, 1.82) is 0 Å². The minimum Gasteiger partial charge on any atom is -0.368 e. The molecular weight excluding hydrogens is 298 g/mol. The molecule has 0 spiro atoms. The van der Waals surface area contributed by atoms with Crippen molar-refractivity contribution < 1.29 is 9.53 Å². The van der Waals surface area contributed by atoms with E-state index in [1.165, 1.54) is 4.88 Å². The Morgan fingerprint density at radius 3 is 2.73 bits per heavy atom. The molecule has 0 saturated carbocycles. The highest BCUT2D eigenvalue weighted by Gasteiger charge is 2.22. The molecule has 2 fully saturated rings. The number of hydrogen-bond acceptors (Lipinski definition) is 5. The van der Waals surface area contributed by atoms with Gasteiger partial charge in [-0.05, 0) is 37.4 Å². The van der Waals surface area contributed by atoms with Gasteiger partial charge in [0, 0.05) is 37.6 Å². The van der Waals surface area contributed by atoms with Gasteiger partial charge in [0.25, 0.3) is 0 Å². The van der Waals surface area contributed by atoms with Gasteiger partial charge in [0.1, 0.15) is 6.61 Å². The normalized spacial score (nSPS) is 21.2. The Kier molecular flexibility index (Phi) is 5.83. The van der Waals surface area contributed by atoms with Gasteiger partial charge in [0.05, 0.1) is 6.10 Å². The minimum atomic E-state index is 0.148. The molecule has 0 bridgehead atoms. The van der Waals surface area contributed by atoms with Gasteiger partial charge in [-0.15, -0.1) is 11.3 Å². The van der Waals surface area contributed by atoms with Crippen LogP contribution >= 0.6 is 11.3 Å². The number of nitrogens with one attached hydrogen (secondary N) is 1. The molecule has 3 rings (SSSR count). The van der Waals surface area contributed by atoms with Gasteiger partial charge in [-0.25, -0.2) is 0 Å². The zero-order valence-electron chi connectivity index (χ0n) is 13.0. The van der Waals surface area contributed by atoms with Crippen LogP contribution in [-0.2, 0) is 16.1 Å². The third-order valence-corrected chi connectivity index (χ3v) is 5.27. The molecule has 122 valence electrons. The first kappa shape index (κ1) is 15.9. The smallest absolute Gasteiger partial charge is 0.248 e. The summed E-state index contributed by atoms with van der Waals surface area (Å²) in [7, 11) is 0. The van der Waals surface area contributed by atoms with Crippen LogP contribution < -0.4 is 5.32 Å². The first-order valence-electron chi connectivity index (χ1n) is 8.16. The van der Waals surface area contributed by atoms with Crippen molar-refractivity contribution in [2.45, 2.75) is 25.5 Å². The molecule has 22 heavy (non-hydrogen) atoms. The molecule has 1 amide bonds. The standard InChI is InChI=1S/C16H25N3O2S/c20-16(13-21-14-3-5-17-6-4-14)19-9-7-18(8-10-19)12-15-2-1-11-22-15/h1-2,11,14,17H,3-10,12-13H2. The average molecular weight is 323 g/mol. The number of thiophene rings is 1. The number of carbonyl (C=O) groups is 1. The van der Waals surface area contributed by atoms with Gasteiger partial charge in [-0.1, -0.05) is 6.07 Å². The average Bonchev–Trinajstić information content (AvgIpc) is 3.07. The molecule has 0 radical (unpaired) electrons. The number of rotatable bonds is 5. The highest BCUT2D eigenvalue weighted by molar-refractivity contribution is 7.09. The fourth-order valence-electron chi connectivity index (χ4n) is 3.02. The second-order valence-corrected chi connectivity index (χ2v) is 7.03. The number of carbonyl (C=O) groups excluding carboxylic acids is 1. The van der Waals surface area contributed by atoms with Crippen LogP contribution in [0.5, 0.6) is 0 Å². The number of nitrogens with zero attached hydrogens (tertiary/aromatic N) is 2. The van der Waals surface area contributed by atoms with Crippen molar-refractivity contribution in [3.05, 3.63) is 22.4 Å². The zero-order valence-corrected chi connectivity index (χ0v) is 13.8. The topological polar surface area (TPSA) is 44.8 Å². The van der Waals surface area contributed by atoms with E-state index < -0.39 is 0 Å². The van der Waals surface area contributed by atoms with E-state index in [1.807, 2.05) is 4.90 Å². The van der Waals surface area contributed by atoms with Crippen molar-refractivity contribution in [2.75, 3.05) is 45.9 Å². The summed E-state index contributed by atoms with van der Waals surface area (Å²) in [5.74, 6) is 0.148. The third kappa shape index (κ3) is 4.52. The molecule has 2 saturated heterocycles. The fraction of sp³-hybridized carbons (Fsp3) is 0.688. The van der Waals surface area contributed by atoms with Gasteiger partial charge < -0.3 is 15.0 Å². The van der Waals surface area contributed by atoms with Gasteiger partial charge in [-0.2, -0.15) is 0 Å². The minimum absolute atomic E-state index is 0.148. The monoisotopic (exact) mass is 323 g/mol. The first-order chi connectivity index (χ1) is 10.8. The summed E-state index contributed by atoms with van der Waals surface area (Å²) in [5, 5.41) is 5.43. The highest BCUT2D eigenvalue weighted by Crippen LogP contribution is 2.14. The van der Waals surface area contributed by atoms with E-state index in [2.05, 4.69) is 27.7 Å². The Bertz CT molecular complexity index is 452. The van der Waals surface area contributed by atoms with Crippen LogP contribution in [0.15, 0.2) is 17.5 Å². The van der Waals surface area contributed by atoms with E-state index in [9.17, 15) is 4.79 Å². The lowest BCUT2D eigenvalue weighted by atomic mass is 10.1. The van der Waals surface area contributed by atoms with E-state index in [4.69, 9.17) is 4.74 Å². The molecular formula is C16H25N3O2S. The number of piperidine rings is 1. The molecule has 1 N–H and O–H groups in total. The van der Waals surface area contributed by atoms with Crippen molar-refractivity contribution >= 4 is 17.2 Å². The molecule has 1 aromatic rings. The predicted octanol–water partition coefficient (Wildman–Crippen LogP) is 1.16. The van der Waals surface area contributed by atoms with Crippen molar-refractivity contribution in [1.82, 2.24) is 15.1 Å². The van der Waals surface area contributed by atoms with Crippen molar-refractivity contribution in [3.63, 3.8) is 0 Å². The summed E-state index contributed by atoms with van der Waals surface area (Å²) in [4.78, 5) is 18.0. The van der Waals surface area contributed by atoms with Crippen LogP contribution in [0.4, 0.5) is 0 Å². The largest absolute Gasteiger partial charge is 0.368 e. The molecule has 0 aromatic carbocycles. The SMILES string of the molecule is O=C(COC1CCNCC1)N1CCN(Cc2cccs2)CC1. The van der Waals surface area contributed by atoms with Crippen LogP contribution in [0.1, 0.15) is 17.7 Å². The van der Waals surface area contributed by atoms with E-state index >= 15 is 0 Å². The Hall–Kier alpha value is -0.950. The van der Waals surface area contributed by atoms with E-state index in [0.29, 0.717) is 0 Å². The van der Waals surface area contributed by atoms with Crippen LogP contribution in [0, 0.1) is 0 Å². The maximum atomic E-state index is 12.2. The maximum absolute atomic E-state index is 12.2. The second kappa shape index (κ2) is 8.06. The van der Waals surface area contributed by atoms with Crippen LogP contribution in [-0.4, -0.2) is 67.7 Å². The molecule has 3 heterocycles. The van der Waals surface area contributed by atoms with Crippen molar-refractivity contribution in [2.24, 2.45) is 0 Å². The van der Waals surface area contributed by atoms with Crippen LogP contribution in [0.25, 0.3) is 0 Å². The Balaban J connectivity index is 1.36. The number of piperazine rings is 1. The van der Waals surface area contributed by atoms with E-state index in [1.54, 1.807) is 11.3 Å². The summed E-state index contributed by atoms with van der Waals surface area (Å²) in [5.41, 5.74) is 0. The maximum Gasteiger partial charge on any atom is 0.248 e. The number of hydrogen-bond donors (Lipinski definition) is 1. The van der Waals surface area contributed by atoms with E-state index in [0.717, 1.165) is 58.7 Å². The van der Waals surface area contributed by atoms with Crippen molar-refractivity contribution in [3.8, 4) is 0 Å². The summed E-state index contributed by atoms with van der Waals surface area (Å²) in [6.45, 7) is 6.80. The summed E-state index contributed by atoms with van der Waals surface area (Å²) < 4.78 is 5.77. The summed E-state index contributed by atoms with van der Waals surface area (Å²) in [6, 6.07) is 4.27. The van der Waals surface area contributed by atoms with E-state index in [-0.39, 0.29) is 18.6 Å². The number of amides is 1. The predicted molar refractivity (Wildman–Crippen MR) is 88.0 cm³/mol. The van der Waals surface area contributed by atoms with Crippen LogP contribution in [0.2, 0.25) is 0 Å². The van der Waals surface area contributed by atoms with Gasteiger partial charge in [-0.3, -0.25) is 9.69 Å². The highest BCUT2D eigenvalue weighted by atomic mass is 32.1. The fourth-order valence-corrected chi connectivity index (χ4v) is 3.77. The molecule has 0 atom stereocenters. The quantitative estimate of drug-likeness (QED) is 0.883. The third-order valence-electron chi connectivity index (χ3n) is 4.41. The number of ether oxygens (including phenoxy) is 1. The molecule has 5 nitrogen and oxygen atoms in total. The Morgan fingerprint density at radius 2 is 2.05 bits per heavy atom. The molecule has 2 aliphatic heterocycles. The molecule has 0 unspecified atom stereocenters. The molecule has 6 heteroatoms. The van der Waals surface area contributed by atoms with Gasteiger partial charge >= 0.3 is 0 Å². The summed E-state index contributed by atoms with van der Waals surface area (Å²) >= 11 is 1.80. The Morgan fingerprint density at radius 1 is 1.27 bits per heavy atom. The molecule has 0 aliphatic carbocycles. The second-order valence-electron chi connectivity index (χ2n) is 6.00. The lowest BCUT2D eigenvalue weighted by molar-refractivity contribution is -0.140. The van der Waals surface area contributed by atoms with Gasteiger partial charge in [0.2, 0.25) is 5.91 Å². The lowest BCUT2D eigenvalue weighted by Crippen LogP contribution is -2.49. The molecule has 2 aliphatic rings. The Labute approximate surface area is 136 Å². The molecule has 1 aromatic heterocycles. The van der Waals surface area contributed by atoms with Crippen LogP contribution in [0.3, 0.4) is 0 Å². The first-order valence-corrected chi connectivity index (χ1v) is 9.04. The lowest BCUT2D eigenvalue weighted by Gasteiger charge is -2.34. The zero-order chi connectivity index (χ0) is 15.2.